The summed E-state index contributed by atoms with van der Waals surface area (Å²) < 4.78 is 26.4. The molecule has 7 heteroatoms. The SMILES string of the molecule is CCC(NS(=O)(=O)c1cccc(Cl)c1)C(N)=S. The Morgan fingerprint density at radius 2 is 2.24 bits per heavy atom. The molecule has 0 spiro atoms. The maximum atomic E-state index is 12.0. The molecule has 17 heavy (non-hydrogen) atoms. The average Bonchev–Trinajstić information content (AvgIpc) is 2.25. The normalized spacial score (nSPS) is 13.3. The van der Waals surface area contributed by atoms with Crippen molar-refractivity contribution in [1.29, 1.82) is 0 Å². The largest absolute Gasteiger partial charge is 0.392 e. The van der Waals surface area contributed by atoms with Gasteiger partial charge in [-0.1, -0.05) is 36.8 Å². The molecule has 0 heterocycles. The highest BCUT2D eigenvalue weighted by atomic mass is 35.5. The molecule has 1 rings (SSSR count). The van der Waals surface area contributed by atoms with Gasteiger partial charge in [0.15, 0.2) is 0 Å². The molecule has 4 nitrogen and oxygen atoms in total. The molecule has 0 saturated heterocycles. The fraction of sp³-hybridized carbons (Fsp3) is 0.300. The van der Waals surface area contributed by atoms with E-state index >= 15 is 0 Å². The van der Waals surface area contributed by atoms with Crippen LogP contribution in [0.3, 0.4) is 0 Å². The third-order valence-corrected chi connectivity index (χ3v) is 4.14. The summed E-state index contributed by atoms with van der Waals surface area (Å²) in [6, 6.07) is 5.45. The molecule has 0 aliphatic rings. The second kappa shape index (κ2) is 5.77. The number of hydrogen-bond donors (Lipinski definition) is 2. The highest BCUT2D eigenvalue weighted by Gasteiger charge is 2.20. The first-order valence-corrected chi connectivity index (χ1v) is 7.21. The number of sulfonamides is 1. The Kier molecular flexibility index (Phi) is 4.88. The zero-order valence-electron chi connectivity index (χ0n) is 9.18. The van der Waals surface area contributed by atoms with Crippen LogP contribution in [-0.2, 0) is 10.0 Å². The molecular formula is C10H13ClN2O2S2. The molecular weight excluding hydrogens is 280 g/mol. The first-order valence-electron chi connectivity index (χ1n) is 4.94. The van der Waals surface area contributed by atoms with Crippen molar-refractivity contribution >= 4 is 38.8 Å². The summed E-state index contributed by atoms with van der Waals surface area (Å²) in [5, 5.41) is 0.358. The van der Waals surface area contributed by atoms with Crippen molar-refractivity contribution in [3.05, 3.63) is 29.3 Å². The van der Waals surface area contributed by atoms with Crippen molar-refractivity contribution in [3.8, 4) is 0 Å². The monoisotopic (exact) mass is 292 g/mol. The van der Waals surface area contributed by atoms with Gasteiger partial charge in [-0.05, 0) is 24.6 Å². The van der Waals surface area contributed by atoms with Gasteiger partial charge in [-0.15, -0.1) is 0 Å². The molecule has 0 amide bonds. The first kappa shape index (κ1) is 14.4. The molecule has 0 radical (unpaired) electrons. The molecule has 0 bridgehead atoms. The maximum Gasteiger partial charge on any atom is 0.241 e. The molecule has 1 unspecified atom stereocenters. The zero-order valence-corrected chi connectivity index (χ0v) is 11.6. The highest BCUT2D eigenvalue weighted by Crippen LogP contribution is 2.15. The van der Waals surface area contributed by atoms with Crippen molar-refractivity contribution < 1.29 is 8.42 Å². The van der Waals surface area contributed by atoms with Crippen molar-refractivity contribution in [2.75, 3.05) is 0 Å². The molecule has 0 aliphatic carbocycles. The zero-order chi connectivity index (χ0) is 13.1. The fourth-order valence-electron chi connectivity index (χ4n) is 1.23. The van der Waals surface area contributed by atoms with E-state index in [4.69, 9.17) is 29.6 Å². The molecule has 1 aromatic rings. The van der Waals surface area contributed by atoms with Crippen LogP contribution in [-0.4, -0.2) is 19.4 Å². The van der Waals surface area contributed by atoms with Crippen LogP contribution >= 0.6 is 23.8 Å². The summed E-state index contributed by atoms with van der Waals surface area (Å²) in [7, 11) is -3.64. The number of thiocarbonyl (C=S) groups is 1. The van der Waals surface area contributed by atoms with Crippen LogP contribution in [0.15, 0.2) is 29.2 Å². The summed E-state index contributed by atoms with van der Waals surface area (Å²) in [6.45, 7) is 1.80. The van der Waals surface area contributed by atoms with E-state index < -0.39 is 16.1 Å². The van der Waals surface area contributed by atoms with Gasteiger partial charge in [0.2, 0.25) is 10.0 Å². The van der Waals surface area contributed by atoms with E-state index in [2.05, 4.69) is 4.72 Å². The van der Waals surface area contributed by atoms with Crippen molar-refractivity contribution in [3.63, 3.8) is 0 Å². The maximum absolute atomic E-state index is 12.0. The Labute approximate surface area is 111 Å². The van der Waals surface area contributed by atoms with Crippen LogP contribution in [0.2, 0.25) is 5.02 Å². The van der Waals surface area contributed by atoms with Crippen LogP contribution in [0.1, 0.15) is 13.3 Å². The molecule has 0 saturated carbocycles. The Morgan fingerprint density at radius 3 is 2.71 bits per heavy atom. The molecule has 94 valence electrons. The average molecular weight is 293 g/mol. The van der Waals surface area contributed by atoms with E-state index in [-0.39, 0.29) is 9.88 Å². The lowest BCUT2D eigenvalue weighted by Gasteiger charge is -2.15. The van der Waals surface area contributed by atoms with E-state index in [1.807, 2.05) is 0 Å². The second-order valence-electron chi connectivity index (χ2n) is 3.44. The second-order valence-corrected chi connectivity index (χ2v) is 6.06. The Bertz CT molecular complexity index is 517. The third-order valence-electron chi connectivity index (χ3n) is 2.16. The van der Waals surface area contributed by atoms with E-state index in [1.54, 1.807) is 19.1 Å². The van der Waals surface area contributed by atoms with Gasteiger partial charge < -0.3 is 5.73 Å². The van der Waals surface area contributed by atoms with E-state index in [1.165, 1.54) is 12.1 Å². The van der Waals surface area contributed by atoms with Gasteiger partial charge in [-0.25, -0.2) is 13.1 Å². The lowest BCUT2D eigenvalue weighted by Crippen LogP contribution is -2.42. The van der Waals surface area contributed by atoms with Gasteiger partial charge >= 0.3 is 0 Å². The van der Waals surface area contributed by atoms with Gasteiger partial charge in [-0.2, -0.15) is 0 Å². The summed E-state index contributed by atoms with van der Waals surface area (Å²) >= 11 is 10.5. The highest BCUT2D eigenvalue weighted by molar-refractivity contribution is 7.89. The number of halogens is 1. The molecule has 1 aromatic carbocycles. The predicted octanol–water partition coefficient (Wildman–Crippen LogP) is 1.68. The number of rotatable bonds is 5. The van der Waals surface area contributed by atoms with Crippen LogP contribution < -0.4 is 10.5 Å². The van der Waals surface area contributed by atoms with Crippen LogP contribution in [0.25, 0.3) is 0 Å². The van der Waals surface area contributed by atoms with E-state index in [9.17, 15) is 8.42 Å². The van der Waals surface area contributed by atoms with E-state index in [0.717, 1.165) is 0 Å². The van der Waals surface area contributed by atoms with Crippen LogP contribution in [0, 0.1) is 0 Å². The Morgan fingerprint density at radius 1 is 1.59 bits per heavy atom. The summed E-state index contributed by atoms with van der Waals surface area (Å²) in [5.74, 6) is 0. The van der Waals surface area contributed by atoms with Crippen molar-refractivity contribution in [2.24, 2.45) is 5.73 Å². The predicted molar refractivity (Wildman–Crippen MR) is 72.6 cm³/mol. The minimum Gasteiger partial charge on any atom is -0.392 e. The minimum atomic E-state index is -3.64. The number of hydrogen-bond acceptors (Lipinski definition) is 3. The van der Waals surface area contributed by atoms with Gasteiger partial charge in [0, 0.05) is 5.02 Å². The number of nitrogens with two attached hydrogens (primary N) is 1. The smallest absolute Gasteiger partial charge is 0.241 e. The standard InChI is InChI=1S/C10H13ClN2O2S2/c1-2-9(10(12)16)13-17(14,15)8-5-3-4-7(11)6-8/h3-6,9,13H,2H2,1H3,(H2,12,16). The fourth-order valence-corrected chi connectivity index (χ4v) is 3.13. The van der Waals surface area contributed by atoms with Crippen LogP contribution in [0.5, 0.6) is 0 Å². The summed E-state index contributed by atoms with van der Waals surface area (Å²) in [6.07, 6.45) is 0.495. The quantitative estimate of drug-likeness (QED) is 0.810. The lowest BCUT2D eigenvalue weighted by molar-refractivity contribution is 0.572. The Balaban J connectivity index is 3.00. The van der Waals surface area contributed by atoms with Gasteiger partial charge in [0.1, 0.15) is 0 Å². The molecule has 1 atom stereocenters. The summed E-state index contributed by atoms with van der Waals surface area (Å²) in [5.41, 5.74) is 5.44. The third kappa shape index (κ3) is 3.92. The lowest BCUT2D eigenvalue weighted by atomic mass is 10.2. The first-order chi connectivity index (χ1) is 7.86. The van der Waals surface area contributed by atoms with Crippen molar-refractivity contribution in [1.82, 2.24) is 4.72 Å². The van der Waals surface area contributed by atoms with Gasteiger partial charge in [0.25, 0.3) is 0 Å². The van der Waals surface area contributed by atoms with Crippen LogP contribution in [0.4, 0.5) is 0 Å². The van der Waals surface area contributed by atoms with Gasteiger partial charge in [-0.3, -0.25) is 0 Å². The molecule has 0 aromatic heterocycles. The summed E-state index contributed by atoms with van der Waals surface area (Å²) in [4.78, 5) is 0.220. The molecule has 0 fully saturated rings. The number of nitrogens with one attached hydrogen (secondary N) is 1. The number of benzene rings is 1. The minimum absolute atomic E-state index is 0.0969. The van der Waals surface area contributed by atoms with Gasteiger partial charge in [0.05, 0.1) is 15.9 Å². The molecule has 3 N–H and O–H groups in total. The Hall–Kier alpha value is -0.690. The van der Waals surface area contributed by atoms with E-state index in [0.29, 0.717) is 11.4 Å². The molecule has 0 aliphatic heterocycles. The topological polar surface area (TPSA) is 72.2 Å². The van der Waals surface area contributed by atoms with Crippen molar-refractivity contribution in [2.45, 2.75) is 24.3 Å².